The average Bonchev–Trinajstić information content (AvgIpc) is 2.45. The Morgan fingerprint density at radius 2 is 2.05 bits per heavy atom. The molecule has 1 aromatic carbocycles. The van der Waals surface area contributed by atoms with E-state index in [-0.39, 0.29) is 11.6 Å². The minimum absolute atomic E-state index is 0.0976. The van der Waals surface area contributed by atoms with E-state index in [0.717, 1.165) is 0 Å². The molecule has 2 rings (SSSR count). The third-order valence-corrected chi connectivity index (χ3v) is 3.32. The Morgan fingerprint density at radius 1 is 1.36 bits per heavy atom. The highest BCUT2D eigenvalue weighted by atomic mass is 16.6. The van der Waals surface area contributed by atoms with Crippen LogP contribution in [0.4, 0.5) is 10.5 Å². The maximum atomic E-state index is 12.4. The Morgan fingerprint density at radius 3 is 2.64 bits per heavy atom. The fraction of sp³-hybridized carbons (Fsp3) is 0.286. The van der Waals surface area contributed by atoms with Gasteiger partial charge in [-0.15, -0.1) is 0 Å². The van der Waals surface area contributed by atoms with Crippen LogP contribution in [0.25, 0.3) is 0 Å². The lowest BCUT2D eigenvalue weighted by atomic mass is 9.94. The number of hydrogen-bond acceptors (Lipinski definition) is 4. The van der Waals surface area contributed by atoms with Gasteiger partial charge in [0.05, 0.1) is 16.5 Å². The van der Waals surface area contributed by atoms with Gasteiger partial charge in [0, 0.05) is 31.9 Å². The molecule has 3 amide bonds. The molecule has 0 radical (unpaired) electrons. The molecule has 0 saturated carbocycles. The fourth-order valence-corrected chi connectivity index (χ4v) is 2.29. The smallest absolute Gasteiger partial charge is 0.319 e. The van der Waals surface area contributed by atoms with Gasteiger partial charge in [0.1, 0.15) is 0 Å². The first kappa shape index (κ1) is 15.5. The van der Waals surface area contributed by atoms with Crippen molar-refractivity contribution in [1.29, 1.82) is 0 Å². The molecule has 2 N–H and O–H groups in total. The van der Waals surface area contributed by atoms with Crippen molar-refractivity contribution in [3.05, 3.63) is 51.2 Å². The lowest BCUT2D eigenvalue weighted by molar-refractivity contribution is -0.384. The summed E-state index contributed by atoms with van der Waals surface area (Å²) in [6.45, 7) is 1.62. The highest BCUT2D eigenvalue weighted by molar-refractivity contribution is 5.98. The first-order valence-electron chi connectivity index (χ1n) is 6.55. The number of hydrogen-bond donors (Lipinski definition) is 2. The van der Waals surface area contributed by atoms with Crippen LogP contribution >= 0.6 is 0 Å². The Labute approximate surface area is 126 Å². The molecule has 1 heterocycles. The van der Waals surface area contributed by atoms with Gasteiger partial charge in [0.15, 0.2) is 0 Å². The number of non-ortho nitro benzene ring substituents is 1. The van der Waals surface area contributed by atoms with E-state index in [2.05, 4.69) is 10.6 Å². The van der Waals surface area contributed by atoms with E-state index in [0.29, 0.717) is 16.8 Å². The molecule has 8 heteroatoms. The van der Waals surface area contributed by atoms with Crippen LogP contribution in [0.5, 0.6) is 0 Å². The Kier molecular flexibility index (Phi) is 4.11. The maximum Gasteiger partial charge on any atom is 0.319 e. The summed E-state index contributed by atoms with van der Waals surface area (Å²) in [4.78, 5) is 35.8. The van der Waals surface area contributed by atoms with Gasteiger partial charge in [0.25, 0.3) is 11.6 Å². The van der Waals surface area contributed by atoms with Crippen LogP contribution in [0, 0.1) is 10.1 Å². The number of rotatable bonds is 3. The first-order chi connectivity index (χ1) is 10.3. The number of nitro groups is 1. The van der Waals surface area contributed by atoms with E-state index < -0.39 is 17.0 Å². The van der Waals surface area contributed by atoms with Crippen molar-refractivity contribution >= 4 is 17.6 Å². The van der Waals surface area contributed by atoms with Crippen LogP contribution < -0.4 is 10.6 Å². The normalized spacial score (nSPS) is 17.6. The monoisotopic (exact) mass is 304 g/mol. The highest BCUT2D eigenvalue weighted by Gasteiger charge is 2.32. The summed E-state index contributed by atoms with van der Waals surface area (Å²) in [6.07, 6.45) is 0. The molecular formula is C14H16N4O4. The maximum absolute atomic E-state index is 12.4. The average molecular weight is 304 g/mol. The largest absolute Gasteiger partial charge is 0.345 e. The SMILES string of the molecule is CC1=C(C(=O)N(C)C)[C@@H](c2cccc([N+](=O)[O-])c2)NC(=O)N1. The molecule has 1 aliphatic heterocycles. The molecule has 0 fully saturated rings. The first-order valence-corrected chi connectivity index (χ1v) is 6.55. The second-order valence-electron chi connectivity index (χ2n) is 5.12. The quantitative estimate of drug-likeness (QED) is 0.649. The molecule has 0 aromatic heterocycles. The molecule has 116 valence electrons. The number of carbonyl (C=O) groups is 2. The van der Waals surface area contributed by atoms with E-state index >= 15 is 0 Å². The third kappa shape index (κ3) is 2.90. The summed E-state index contributed by atoms with van der Waals surface area (Å²) < 4.78 is 0. The van der Waals surface area contributed by atoms with Crippen LogP contribution in [0.15, 0.2) is 35.5 Å². The van der Waals surface area contributed by atoms with Gasteiger partial charge >= 0.3 is 6.03 Å². The summed E-state index contributed by atoms with van der Waals surface area (Å²) in [5.41, 5.74) is 1.16. The number of benzene rings is 1. The van der Waals surface area contributed by atoms with Crippen LogP contribution in [-0.2, 0) is 4.79 Å². The molecule has 0 saturated heterocycles. The molecule has 0 bridgehead atoms. The Hall–Kier alpha value is -2.90. The molecule has 1 aliphatic rings. The van der Waals surface area contributed by atoms with Crippen LogP contribution in [0.1, 0.15) is 18.5 Å². The van der Waals surface area contributed by atoms with Gasteiger partial charge in [-0.05, 0) is 12.5 Å². The molecular weight excluding hydrogens is 288 g/mol. The van der Waals surface area contributed by atoms with Crippen molar-refractivity contribution in [1.82, 2.24) is 15.5 Å². The zero-order valence-electron chi connectivity index (χ0n) is 12.4. The number of likely N-dealkylation sites (N-methyl/N-ethyl adjacent to an activating group) is 1. The topological polar surface area (TPSA) is 105 Å². The van der Waals surface area contributed by atoms with E-state index in [4.69, 9.17) is 0 Å². The lowest BCUT2D eigenvalue weighted by Gasteiger charge is -2.29. The molecule has 1 atom stereocenters. The summed E-state index contributed by atoms with van der Waals surface area (Å²) >= 11 is 0. The van der Waals surface area contributed by atoms with Crippen molar-refractivity contribution in [3.8, 4) is 0 Å². The van der Waals surface area contributed by atoms with Gasteiger partial charge in [-0.2, -0.15) is 0 Å². The molecule has 0 aliphatic carbocycles. The standard InChI is InChI=1S/C14H16N4O4/c1-8-11(13(19)17(2)3)12(16-14(20)15-8)9-5-4-6-10(7-9)18(21)22/h4-7,12H,1-3H3,(H2,15,16,20)/t12-/m1/s1. The predicted octanol–water partition coefficient (Wildman–Crippen LogP) is 1.31. The highest BCUT2D eigenvalue weighted by Crippen LogP contribution is 2.29. The minimum atomic E-state index is -0.733. The third-order valence-electron chi connectivity index (χ3n) is 3.32. The summed E-state index contributed by atoms with van der Waals surface area (Å²) in [7, 11) is 3.20. The summed E-state index contributed by atoms with van der Waals surface area (Å²) in [5.74, 6) is -0.276. The van der Waals surface area contributed by atoms with Crippen molar-refractivity contribution in [2.24, 2.45) is 0 Å². The second kappa shape index (κ2) is 5.84. The molecule has 8 nitrogen and oxygen atoms in total. The minimum Gasteiger partial charge on any atom is -0.345 e. The number of carbonyl (C=O) groups excluding carboxylic acids is 2. The summed E-state index contributed by atoms with van der Waals surface area (Å²) in [6, 6.07) is 4.68. The van der Waals surface area contributed by atoms with Gasteiger partial charge in [-0.3, -0.25) is 14.9 Å². The summed E-state index contributed by atoms with van der Waals surface area (Å²) in [5, 5.41) is 16.1. The van der Waals surface area contributed by atoms with Gasteiger partial charge in [-0.25, -0.2) is 4.79 Å². The number of nitrogens with zero attached hydrogens (tertiary/aromatic N) is 2. The van der Waals surface area contributed by atoms with Gasteiger partial charge in [-0.1, -0.05) is 12.1 Å². The Balaban J connectivity index is 2.52. The van der Waals surface area contributed by atoms with Gasteiger partial charge < -0.3 is 15.5 Å². The zero-order valence-corrected chi connectivity index (χ0v) is 12.4. The van der Waals surface area contributed by atoms with Gasteiger partial charge in [0.2, 0.25) is 0 Å². The molecule has 22 heavy (non-hydrogen) atoms. The van der Waals surface area contributed by atoms with E-state index in [1.165, 1.54) is 23.1 Å². The fourth-order valence-electron chi connectivity index (χ4n) is 2.29. The molecule has 0 unspecified atom stereocenters. The number of nitro benzene ring substituents is 1. The van der Waals surface area contributed by atoms with Crippen molar-refractivity contribution in [2.75, 3.05) is 14.1 Å². The number of nitrogens with one attached hydrogen (secondary N) is 2. The predicted molar refractivity (Wildman–Crippen MR) is 78.9 cm³/mol. The lowest BCUT2D eigenvalue weighted by Crippen LogP contribution is -2.46. The number of allylic oxidation sites excluding steroid dienone is 1. The van der Waals surface area contributed by atoms with Crippen molar-refractivity contribution in [2.45, 2.75) is 13.0 Å². The number of urea groups is 1. The van der Waals surface area contributed by atoms with Crippen molar-refractivity contribution in [3.63, 3.8) is 0 Å². The number of amides is 3. The second-order valence-corrected chi connectivity index (χ2v) is 5.12. The van der Waals surface area contributed by atoms with Crippen LogP contribution in [0.3, 0.4) is 0 Å². The van der Waals surface area contributed by atoms with E-state index in [1.807, 2.05) is 0 Å². The van der Waals surface area contributed by atoms with Crippen LogP contribution in [-0.4, -0.2) is 35.9 Å². The zero-order chi connectivity index (χ0) is 16.4. The van der Waals surface area contributed by atoms with Crippen LogP contribution in [0.2, 0.25) is 0 Å². The van der Waals surface area contributed by atoms with Crippen molar-refractivity contribution < 1.29 is 14.5 Å². The molecule has 1 aromatic rings. The molecule has 0 spiro atoms. The Bertz CT molecular complexity index is 681. The van der Waals surface area contributed by atoms with E-state index in [9.17, 15) is 19.7 Å². The van der Waals surface area contributed by atoms with E-state index in [1.54, 1.807) is 27.1 Å².